The van der Waals surface area contributed by atoms with Gasteiger partial charge in [0.2, 0.25) is 11.8 Å². The number of amides is 2. The molecule has 1 aliphatic rings. The Kier molecular flexibility index (Phi) is 7.17. The smallest absolute Gasteiger partial charge is 0.243 e. The van der Waals surface area contributed by atoms with Crippen molar-refractivity contribution in [1.82, 2.24) is 15.2 Å². The van der Waals surface area contributed by atoms with Gasteiger partial charge in [-0.05, 0) is 35.3 Å². The zero-order chi connectivity index (χ0) is 22.8. The SMILES string of the molecule is CCc1ncsc1-c1ccc(CNC(=O)[C@@H]2C[C@@H](C)CN2C(=O)[C@H](N)C(C)(C)C)cc1. The lowest BCUT2D eigenvalue weighted by Crippen LogP contribution is -2.54. The van der Waals surface area contributed by atoms with Crippen LogP contribution < -0.4 is 11.1 Å². The quantitative estimate of drug-likeness (QED) is 0.715. The molecule has 0 aliphatic carbocycles. The highest BCUT2D eigenvalue weighted by Crippen LogP contribution is 2.29. The van der Waals surface area contributed by atoms with E-state index in [-0.39, 0.29) is 23.1 Å². The van der Waals surface area contributed by atoms with E-state index >= 15 is 0 Å². The molecule has 1 aliphatic heterocycles. The average molecular weight is 443 g/mol. The number of nitrogens with one attached hydrogen (secondary N) is 1. The van der Waals surface area contributed by atoms with E-state index < -0.39 is 12.1 Å². The summed E-state index contributed by atoms with van der Waals surface area (Å²) in [5.41, 5.74) is 11.0. The highest BCUT2D eigenvalue weighted by molar-refractivity contribution is 7.13. The number of hydrogen-bond donors (Lipinski definition) is 2. The monoisotopic (exact) mass is 442 g/mol. The van der Waals surface area contributed by atoms with Crippen LogP contribution in [-0.4, -0.2) is 40.3 Å². The summed E-state index contributed by atoms with van der Waals surface area (Å²) in [5, 5.41) is 3.02. The Bertz CT molecular complexity index is 916. The van der Waals surface area contributed by atoms with Gasteiger partial charge in [0.1, 0.15) is 6.04 Å². The summed E-state index contributed by atoms with van der Waals surface area (Å²) in [7, 11) is 0. The van der Waals surface area contributed by atoms with Crippen molar-refractivity contribution >= 4 is 23.2 Å². The molecule has 1 saturated heterocycles. The van der Waals surface area contributed by atoms with Crippen molar-refractivity contribution < 1.29 is 9.59 Å². The Labute approximate surface area is 189 Å². The van der Waals surface area contributed by atoms with Crippen molar-refractivity contribution in [2.75, 3.05) is 6.54 Å². The second-order valence-electron chi connectivity index (χ2n) is 9.59. The van der Waals surface area contributed by atoms with Crippen LogP contribution in [0.1, 0.15) is 52.3 Å². The van der Waals surface area contributed by atoms with Gasteiger partial charge < -0.3 is 16.0 Å². The van der Waals surface area contributed by atoms with Crippen molar-refractivity contribution in [1.29, 1.82) is 0 Å². The van der Waals surface area contributed by atoms with E-state index in [4.69, 9.17) is 5.73 Å². The van der Waals surface area contributed by atoms with Crippen molar-refractivity contribution in [2.24, 2.45) is 17.1 Å². The fourth-order valence-electron chi connectivity index (χ4n) is 3.92. The Balaban J connectivity index is 1.63. The van der Waals surface area contributed by atoms with E-state index in [2.05, 4.69) is 36.3 Å². The highest BCUT2D eigenvalue weighted by Gasteiger charge is 2.41. The zero-order valence-corrected chi connectivity index (χ0v) is 20.0. The van der Waals surface area contributed by atoms with Gasteiger partial charge in [-0.1, -0.05) is 58.9 Å². The van der Waals surface area contributed by atoms with Gasteiger partial charge in [-0.3, -0.25) is 9.59 Å². The van der Waals surface area contributed by atoms with Crippen LogP contribution in [0.4, 0.5) is 0 Å². The number of likely N-dealkylation sites (tertiary alicyclic amines) is 1. The molecule has 6 nitrogen and oxygen atoms in total. The van der Waals surface area contributed by atoms with Gasteiger partial charge in [0.25, 0.3) is 0 Å². The number of nitrogens with zero attached hydrogens (tertiary/aromatic N) is 2. The van der Waals surface area contributed by atoms with Crippen LogP contribution in [0, 0.1) is 11.3 Å². The van der Waals surface area contributed by atoms with Gasteiger partial charge in [0.15, 0.2) is 0 Å². The molecule has 3 atom stereocenters. The standard InChI is InChI=1S/C24H34N4O2S/c1-6-18-20(31-14-27-18)17-9-7-16(8-10-17)12-26-22(29)19-11-15(2)13-28(19)23(30)21(25)24(3,4)5/h7-10,14-15,19,21H,6,11-13,25H2,1-5H3,(H,26,29)/t15-,19+,21+/m1/s1. The molecular formula is C24H34N4O2S. The summed E-state index contributed by atoms with van der Waals surface area (Å²) in [4.78, 5) is 33.2. The first kappa shape index (κ1) is 23.4. The third-order valence-electron chi connectivity index (χ3n) is 5.95. The molecule has 1 aromatic carbocycles. The molecule has 31 heavy (non-hydrogen) atoms. The number of aromatic nitrogens is 1. The Morgan fingerprint density at radius 2 is 1.97 bits per heavy atom. The Morgan fingerprint density at radius 1 is 1.29 bits per heavy atom. The molecule has 7 heteroatoms. The number of nitrogens with two attached hydrogens (primary N) is 1. The maximum absolute atomic E-state index is 12.9. The van der Waals surface area contributed by atoms with E-state index in [9.17, 15) is 9.59 Å². The van der Waals surface area contributed by atoms with Crippen LogP contribution >= 0.6 is 11.3 Å². The number of benzene rings is 1. The first-order valence-electron chi connectivity index (χ1n) is 11.0. The summed E-state index contributed by atoms with van der Waals surface area (Å²) < 4.78 is 0. The third kappa shape index (κ3) is 5.33. The van der Waals surface area contributed by atoms with Gasteiger partial charge >= 0.3 is 0 Å². The predicted molar refractivity (Wildman–Crippen MR) is 125 cm³/mol. The van der Waals surface area contributed by atoms with E-state index in [0.29, 0.717) is 19.5 Å². The van der Waals surface area contributed by atoms with E-state index in [0.717, 1.165) is 23.2 Å². The average Bonchev–Trinajstić information content (AvgIpc) is 3.37. The minimum Gasteiger partial charge on any atom is -0.350 e. The Morgan fingerprint density at radius 3 is 2.58 bits per heavy atom. The Hall–Kier alpha value is -2.25. The number of rotatable bonds is 6. The lowest BCUT2D eigenvalue weighted by Gasteiger charge is -2.32. The van der Waals surface area contributed by atoms with Gasteiger partial charge in [-0.15, -0.1) is 11.3 Å². The molecule has 0 saturated carbocycles. The maximum Gasteiger partial charge on any atom is 0.243 e. The lowest BCUT2D eigenvalue weighted by atomic mass is 9.86. The summed E-state index contributed by atoms with van der Waals surface area (Å²) in [6.45, 7) is 11.0. The summed E-state index contributed by atoms with van der Waals surface area (Å²) in [6.07, 6.45) is 1.57. The summed E-state index contributed by atoms with van der Waals surface area (Å²) in [5.74, 6) is 0.0227. The molecule has 1 fully saturated rings. The lowest BCUT2D eigenvalue weighted by molar-refractivity contribution is -0.141. The molecule has 0 spiro atoms. The predicted octanol–water partition coefficient (Wildman–Crippen LogP) is 3.60. The molecule has 2 aromatic rings. The van der Waals surface area contributed by atoms with Gasteiger partial charge in [0.05, 0.1) is 22.1 Å². The van der Waals surface area contributed by atoms with Crippen LogP contribution in [0.5, 0.6) is 0 Å². The first-order valence-corrected chi connectivity index (χ1v) is 11.8. The molecule has 168 valence electrons. The molecule has 0 bridgehead atoms. The maximum atomic E-state index is 12.9. The summed E-state index contributed by atoms with van der Waals surface area (Å²) in [6, 6.07) is 7.13. The topological polar surface area (TPSA) is 88.3 Å². The number of hydrogen-bond acceptors (Lipinski definition) is 5. The second-order valence-corrected chi connectivity index (χ2v) is 10.4. The van der Waals surface area contributed by atoms with E-state index in [1.807, 2.05) is 38.4 Å². The normalized spacial score (nSPS) is 20.0. The number of carbonyl (C=O) groups excluding carboxylic acids is 2. The third-order valence-corrected chi connectivity index (χ3v) is 6.87. The first-order chi connectivity index (χ1) is 14.6. The summed E-state index contributed by atoms with van der Waals surface area (Å²) >= 11 is 1.65. The fourth-order valence-corrected chi connectivity index (χ4v) is 4.81. The van der Waals surface area contributed by atoms with Crippen molar-refractivity contribution in [3.63, 3.8) is 0 Å². The van der Waals surface area contributed by atoms with Crippen LogP contribution in [0.2, 0.25) is 0 Å². The zero-order valence-electron chi connectivity index (χ0n) is 19.1. The van der Waals surface area contributed by atoms with E-state index in [1.54, 1.807) is 16.2 Å². The highest BCUT2D eigenvalue weighted by atomic mass is 32.1. The molecule has 3 N–H and O–H groups in total. The van der Waals surface area contributed by atoms with Crippen molar-refractivity contribution in [2.45, 2.75) is 66.1 Å². The number of thiazole rings is 1. The molecule has 3 rings (SSSR count). The van der Waals surface area contributed by atoms with Crippen LogP contribution in [0.25, 0.3) is 10.4 Å². The van der Waals surface area contributed by atoms with Crippen LogP contribution in [0.15, 0.2) is 29.8 Å². The number of carbonyl (C=O) groups is 2. The molecule has 1 aromatic heterocycles. The van der Waals surface area contributed by atoms with Gasteiger partial charge in [-0.2, -0.15) is 0 Å². The van der Waals surface area contributed by atoms with Crippen LogP contribution in [-0.2, 0) is 22.6 Å². The fraction of sp³-hybridized carbons (Fsp3) is 0.542. The van der Waals surface area contributed by atoms with Crippen molar-refractivity contribution in [3.8, 4) is 10.4 Å². The van der Waals surface area contributed by atoms with Gasteiger partial charge in [0, 0.05) is 13.1 Å². The van der Waals surface area contributed by atoms with Crippen LogP contribution in [0.3, 0.4) is 0 Å². The molecule has 0 radical (unpaired) electrons. The largest absolute Gasteiger partial charge is 0.350 e. The van der Waals surface area contributed by atoms with E-state index in [1.165, 1.54) is 4.88 Å². The molecule has 2 amide bonds. The minimum absolute atomic E-state index is 0.112. The minimum atomic E-state index is -0.625. The number of aryl methyl sites for hydroxylation is 1. The molecule has 2 heterocycles. The second kappa shape index (κ2) is 9.49. The van der Waals surface area contributed by atoms with Crippen molar-refractivity contribution in [3.05, 3.63) is 41.0 Å². The molecule has 0 unspecified atom stereocenters. The van der Waals surface area contributed by atoms with Gasteiger partial charge in [-0.25, -0.2) is 4.98 Å². The molecular weight excluding hydrogens is 408 g/mol.